The van der Waals surface area contributed by atoms with Crippen molar-refractivity contribution in [2.75, 3.05) is 13.2 Å². The summed E-state index contributed by atoms with van der Waals surface area (Å²) in [6.07, 6.45) is 7.17. The molecule has 3 aliphatic rings. The molecule has 1 saturated heterocycles. The van der Waals surface area contributed by atoms with E-state index in [2.05, 4.69) is 54.2 Å². The van der Waals surface area contributed by atoms with Gasteiger partial charge in [-0.05, 0) is 125 Å². The molecule has 19 heteroatoms. The first-order chi connectivity index (χ1) is 31.1. The van der Waals surface area contributed by atoms with Crippen molar-refractivity contribution < 1.29 is 28.3 Å². The van der Waals surface area contributed by atoms with Crippen LogP contribution in [0.15, 0.2) is 81.2 Å². The Kier molecular flexibility index (Phi) is 12.5. The molecule has 1 aliphatic carbocycles. The fourth-order valence-corrected chi connectivity index (χ4v) is 10.8. The molecular formula is C49H54CaF2N10O6. The Balaban J connectivity index is 0.00000208. The maximum Gasteiger partial charge on any atom is 0.438 e. The van der Waals surface area contributed by atoms with Crippen LogP contribution in [0.3, 0.4) is 0 Å². The van der Waals surface area contributed by atoms with Gasteiger partial charge in [0.1, 0.15) is 22.9 Å². The van der Waals surface area contributed by atoms with Gasteiger partial charge < -0.3 is 19.7 Å². The number of hydrogen-bond acceptors (Lipinski definition) is 8. The number of aromatic nitrogens is 9. The average Bonchev–Trinajstić information content (AvgIpc) is 3.90. The number of nitrogens with zero attached hydrogens (tertiary/aromatic N) is 9. The van der Waals surface area contributed by atoms with Crippen molar-refractivity contribution in [3.63, 3.8) is 0 Å². The van der Waals surface area contributed by atoms with E-state index in [0.717, 1.165) is 29.3 Å². The second-order valence-corrected chi connectivity index (χ2v) is 18.8. The minimum absolute atomic E-state index is 0. The third kappa shape index (κ3) is 7.41. The summed E-state index contributed by atoms with van der Waals surface area (Å²) < 4.78 is 50.2. The molecule has 0 unspecified atom stereocenters. The molecule has 68 heavy (non-hydrogen) atoms. The molecule has 352 valence electrons. The van der Waals surface area contributed by atoms with E-state index >= 15 is 13.6 Å². The Morgan fingerprint density at radius 3 is 2.32 bits per heavy atom. The van der Waals surface area contributed by atoms with Crippen LogP contribution in [0.25, 0.3) is 39.0 Å². The van der Waals surface area contributed by atoms with Crippen LogP contribution < -0.4 is 11.4 Å². The van der Waals surface area contributed by atoms with Crippen molar-refractivity contribution in [1.29, 1.82) is 0 Å². The van der Waals surface area contributed by atoms with Crippen molar-refractivity contribution in [2.24, 2.45) is 13.0 Å². The van der Waals surface area contributed by atoms with Gasteiger partial charge >= 0.3 is 11.4 Å². The van der Waals surface area contributed by atoms with Gasteiger partial charge in [0.15, 0.2) is 11.6 Å². The number of carbonyl (C=O) groups excluding carboxylic acids is 1. The third-order valence-electron chi connectivity index (χ3n) is 14.2. The fraction of sp³-hybridized carbons (Fsp3) is 0.388. The number of ether oxygens (including phenoxy) is 1. The van der Waals surface area contributed by atoms with E-state index in [9.17, 15) is 9.59 Å². The minimum atomic E-state index is -0.857. The predicted octanol–water partition coefficient (Wildman–Crippen LogP) is 6.87. The van der Waals surface area contributed by atoms with Crippen LogP contribution in [-0.2, 0) is 23.7 Å². The number of hydrogen-bond donors (Lipinski definition) is 1. The van der Waals surface area contributed by atoms with Gasteiger partial charge in [0.2, 0.25) is 0 Å². The summed E-state index contributed by atoms with van der Waals surface area (Å²) >= 11 is 0. The zero-order valence-corrected chi connectivity index (χ0v) is 40.6. The molecule has 2 aliphatic heterocycles. The molecule has 0 bridgehead atoms. The normalized spacial score (nSPS) is 20.7. The molecule has 7 heterocycles. The molecule has 1 saturated carbocycles. The number of amides is 1. The summed E-state index contributed by atoms with van der Waals surface area (Å²) in [5.41, 5.74) is 3.92. The summed E-state index contributed by atoms with van der Waals surface area (Å²) in [6.45, 7) is 12.5. The van der Waals surface area contributed by atoms with Crippen molar-refractivity contribution in [3.05, 3.63) is 139 Å². The largest absolute Gasteiger partial charge is 0.438 e. The number of H-pyrrole nitrogens is 1. The van der Waals surface area contributed by atoms with E-state index < -0.39 is 28.8 Å². The minimum Gasteiger partial charge on any atom is -0.412 e. The van der Waals surface area contributed by atoms with Gasteiger partial charge in [0.05, 0.1) is 45.8 Å². The van der Waals surface area contributed by atoms with Crippen LogP contribution >= 0.6 is 0 Å². The fourth-order valence-electron chi connectivity index (χ4n) is 10.8. The van der Waals surface area contributed by atoms with Gasteiger partial charge in [-0.25, -0.2) is 23.1 Å². The van der Waals surface area contributed by atoms with Crippen LogP contribution in [0.2, 0.25) is 0 Å². The molecule has 5 aromatic heterocycles. The van der Waals surface area contributed by atoms with E-state index in [1.54, 1.807) is 65.6 Å². The van der Waals surface area contributed by atoms with Crippen LogP contribution in [0.1, 0.15) is 111 Å². The van der Waals surface area contributed by atoms with Crippen LogP contribution in [0, 0.1) is 31.4 Å². The number of aromatic amines is 1. The molecule has 0 spiro atoms. The van der Waals surface area contributed by atoms with Crippen molar-refractivity contribution >= 4 is 65.5 Å². The number of imidazole rings is 1. The number of benzene rings is 3. The predicted molar refractivity (Wildman–Crippen MR) is 253 cm³/mol. The second kappa shape index (κ2) is 17.4. The first kappa shape index (κ1) is 48.8. The maximum atomic E-state index is 16.1. The van der Waals surface area contributed by atoms with Gasteiger partial charge in [-0.2, -0.15) is 10.2 Å². The van der Waals surface area contributed by atoms with Gasteiger partial charge in [0.25, 0.3) is 5.91 Å². The number of fused-ring (bicyclic) bond motifs is 3. The Labute approximate surface area is 419 Å². The van der Waals surface area contributed by atoms with E-state index in [1.165, 1.54) is 21.5 Å². The number of rotatable bonds is 7. The van der Waals surface area contributed by atoms with E-state index in [-0.39, 0.29) is 90.9 Å². The third-order valence-corrected chi connectivity index (χ3v) is 14.2. The maximum absolute atomic E-state index is 16.1. The number of carbonyl (C=O) groups is 1. The molecule has 3 aromatic carbocycles. The zero-order valence-electron chi connectivity index (χ0n) is 38.4. The smallest absolute Gasteiger partial charge is 0.412 e. The summed E-state index contributed by atoms with van der Waals surface area (Å²) in [5.74, 6) is -0.925. The van der Waals surface area contributed by atoms with Gasteiger partial charge in [-0.1, -0.05) is 25.6 Å². The molecule has 2 fully saturated rings. The first-order valence-corrected chi connectivity index (χ1v) is 22.0. The molecule has 1 amide bonds. The molecule has 11 rings (SSSR count). The average molecular weight is 957 g/mol. The molecular weight excluding hydrogens is 903 g/mol. The Morgan fingerprint density at radius 2 is 1.65 bits per heavy atom. The standard InChI is InChI=1S/C48H48F2N10O5.CH4.Ca.H2O/c1-25-18-32(19-26(2)40(25)49)60-42(58-16-15-57(46(58)63)37-11-10-36-33(41(37)50)24-51-55(36)7)39-28(4)56(14-12-34(39)53-60)43(61)38-21-31-20-29(30-13-17-64-47(5,6)23-30)8-9-35(31)59(38)48(22-27(48)3)44-52-45(62)65-54-44;;;/h8-11,15-16,18-21,24,27-28,30H,12-14,17,22-23H2,1-7H3,(H,52,54,62);1H4;;1H2/t27-,28-,30-,48-;;;/m0.../s1. The summed E-state index contributed by atoms with van der Waals surface area (Å²) in [6, 6.07) is 14.3. The molecule has 16 nitrogen and oxygen atoms in total. The van der Waals surface area contributed by atoms with Gasteiger partial charge in [-0.3, -0.25) is 28.1 Å². The Bertz CT molecular complexity index is 3390. The molecule has 8 aromatic rings. The Morgan fingerprint density at radius 1 is 0.941 bits per heavy atom. The monoisotopic (exact) mass is 956 g/mol. The molecule has 2 radical (unpaired) electrons. The van der Waals surface area contributed by atoms with Crippen molar-refractivity contribution in [1.82, 2.24) is 48.3 Å². The topological polar surface area (TPSA) is 187 Å². The summed E-state index contributed by atoms with van der Waals surface area (Å²) in [4.78, 5) is 47.2. The number of aryl methyl sites for hydroxylation is 3. The zero-order chi connectivity index (χ0) is 45.4. The van der Waals surface area contributed by atoms with Crippen LogP contribution in [0.4, 0.5) is 8.78 Å². The quantitative estimate of drug-likeness (QED) is 0.168. The Hall–Kier alpha value is -5.66. The van der Waals surface area contributed by atoms with Crippen LogP contribution in [-0.4, -0.2) is 116 Å². The van der Waals surface area contributed by atoms with E-state index in [4.69, 9.17) is 14.4 Å². The SMILES string of the molecule is C.Cc1cc(-n2nc3c(c2-n2ccn(-c4ccc5c(cnn5C)c4F)c2=O)[C@H](C)N(C(=O)c2cc4cc([C@H]5CCOC(C)(C)C5)ccc4n2[C@@]2(c4noc(=O)[nH]4)C[C@@H]2C)CC3)cc(C)c1F.O.[Ca]. The molecule has 4 atom stereocenters. The van der Waals surface area contributed by atoms with Gasteiger partial charge in [0, 0.05) is 93.2 Å². The number of halogens is 2. The summed E-state index contributed by atoms with van der Waals surface area (Å²) in [5, 5.41) is 14.6. The van der Waals surface area contributed by atoms with Crippen molar-refractivity contribution in [2.45, 2.75) is 97.8 Å². The van der Waals surface area contributed by atoms with Crippen LogP contribution in [0.5, 0.6) is 0 Å². The second-order valence-electron chi connectivity index (χ2n) is 18.8. The van der Waals surface area contributed by atoms with Gasteiger partial charge in [-0.15, -0.1) is 0 Å². The first-order valence-electron chi connectivity index (χ1n) is 22.0. The number of nitrogens with one attached hydrogen (secondary N) is 1. The van der Waals surface area contributed by atoms with Crippen molar-refractivity contribution in [3.8, 4) is 17.2 Å². The molecule has 3 N–H and O–H groups in total. The van der Waals surface area contributed by atoms with E-state index in [1.807, 2.05) is 17.6 Å². The summed E-state index contributed by atoms with van der Waals surface area (Å²) in [7, 11) is 1.72. The van der Waals surface area contributed by atoms with E-state index in [0.29, 0.717) is 76.9 Å².